The zero-order chi connectivity index (χ0) is 22.5. The van der Waals surface area contributed by atoms with Crippen molar-refractivity contribution < 1.29 is 19.7 Å². The van der Waals surface area contributed by atoms with E-state index in [9.17, 15) is 15.0 Å². The number of benzene rings is 2. The second-order valence-corrected chi connectivity index (χ2v) is 8.57. The van der Waals surface area contributed by atoms with Crippen LogP contribution in [-0.2, 0) is 10.2 Å². The summed E-state index contributed by atoms with van der Waals surface area (Å²) in [5.41, 5.74) is 4.35. The standard InChI is InChI=1S/C25H21ClN2O4/c1-32-21-10-15(6-9-27-21)23(30)22-18-11-17(19(26)12-20(18)28-24(22)31)14-2-4-16(5-3-14)25(13-29)7-8-25/h2-6,9-12,29-30H,7-8,13H2,1H3,(H,28,31). The van der Waals surface area contributed by atoms with E-state index in [1.54, 1.807) is 18.2 Å². The van der Waals surface area contributed by atoms with Gasteiger partial charge in [-0.15, -0.1) is 0 Å². The molecule has 7 heteroatoms. The number of nitrogens with zero attached hydrogens (tertiary/aromatic N) is 1. The minimum Gasteiger partial charge on any atom is -0.506 e. The van der Waals surface area contributed by atoms with E-state index >= 15 is 0 Å². The number of pyridine rings is 1. The highest BCUT2D eigenvalue weighted by atomic mass is 35.5. The van der Waals surface area contributed by atoms with E-state index in [1.165, 1.54) is 13.3 Å². The number of hydrogen-bond acceptors (Lipinski definition) is 5. The Morgan fingerprint density at radius 3 is 2.56 bits per heavy atom. The van der Waals surface area contributed by atoms with Crippen molar-refractivity contribution in [3.05, 3.63) is 76.4 Å². The van der Waals surface area contributed by atoms with E-state index in [4.69, 9.17) is 16.3 Å². The Bertz CT molecular complexity index is 1260. The molecule has 1 fully saturated rings. The number of methoxy groups -OCH3 is 1. The number of anilines is 1. The molecule has 3 N–H and O–H groups in total. The number of aliphatic hydroxyl groups is 2. The maximum Gasteiger partial charge on any atom is 0.260 e. The molecule has 2 aromatic carbocycles. The molecule has 1 aromatic heterocycles. The first kappa shape index (κ1) is 20.5. The number of carbonyl (C=O) groups excluding carboxylic acids is 1. The highest BCUT2D eigenvalue weighted by molar-refractivity contribution is 6.38. The topological polar surface area (TPSA) is 91.7 Å². The third kappa shape index (κ3) is 3.32. The second kappa shape index (κ2) is 7.65. The van der Waals surface area contributed by atoms with Gasteiger partial charge in [0.1, 0.15) is 5.76 Å². The SMILES string of the molecule is COc1cc(C(O)=C2C(=O)Nc3cc(Cl)c(-c4ccc(C5(CO)CC5)cc4)cc32)ccn1. The molecule has 0 bridgehead atoms. The summed E-state index contributed by atoms with van der Waals surface area (Å²) in [6, 6.07) is 14.7. The summed E-state index contributed by atoms with van der Waals surface area (Å²) in [7, 11) is 1.49. The fourth-order valence-electron chi connectivity index (χ4n) is 4.15. The van der Waals surface area contributed by atoms with Gasteiger partial charge in [0.2, 0.25) is 5.88 Å². The normalized spacial score (nSPS) is 17.5. The van der Waals surface area contributed by atoms with E-state index in [0.717, 1.165) is 29.5 Å². The van der Waals surface area contributed by atoms with Crippen molar-refractivity contribution in [2.45, 2.75) is 18.3 Å². The van der Waals surface area contributed by atoms with Crippen LogP contribution in [0.5, 0.6) is 5.88 Å². The lowest BCUT2D eigenvalue weighted by Gasteiger charge is -2.14. The van der Waals surface area contributed by atoms with Gasteiger partial charge in [0, 0.05) is 34.4 Å². The lowest BCUT2D eigenvalue weighted by atomic mass is 9.93. The molecular weight excluding hydrogens is 428 g/mol. The summed E-state index contributed by atoms with van der Waals surface area (Å²) in [5, 5.41) is 23.9. The second-order valence-electron chi connectivity index (χ2n) is 8.16. The summed E-state index contributed by atoms with van der Waals surface area (Å²) in [5.74, 6) is -0.235. The number of aliphatic hydroxyl groups excluding tert-OH is 2. The molecule has 2 heterocycles. The largest absolute Gasteiger partial charge is 0.506 e. The molecule has 0 spiro atoms. The highest BCUT2D eigenvalue weighted by Crippen LogP contribution is 2.48. The molecule has 1 aliphatic heterocycles. The van der Waals surface area contributed by atoms with Gasteiger partial charge in [-0.05, 0) is 42.2 Å². The van der Waals surface area contributed by atoms with Crippen LogP contribution in [0, 0.1) is 0 Å². The predicted octanol–water partition coefficient (Wildman–Crippen LogP) is 4.81. The van der Waals surface area contributed by atoms with E-state index in [-0.39, 0.29) is 23.4 Å². The molecule has 32 heavy (non-hydrogen) atoms. The van der Waals surface area contributed by atoms with Crippen LogP contribution in [0.2, 0.25) is 5.02 Å². The van der Waals surface area contributed by atoms with E-state index in [1.807, 2.05) is 30.3 Å². The van der Waals surface area contributed by atoms with Gasteiger partial charge in [-0.2, -0.15) is 0 Å². The molecule has 0 radical (unpaired) electrons. The van der Waals surface area contributed by atoms with Crippen LogP contribution in [-0.4, -0.2) is 34.8 Å². The summed E-state index contributed by atoms with van der Waals surface area (Å²) in [6.45, 7) is 0.146. The molecule has 6 nitrogen and oxygen atoms in total. The fourth-order valence-corrected chi connectivity index (χ4v) is 4.42. The third-order valence-electron chi connectivity index (χ3n) is 6.27. The molecule has 0 saturated heterocycles. The lowest BCUT2D eigenvalue weighted by Crippen LogP contribution is -2.11. The van der Waals surface area contributed by atoms with Gasteiger partial charge < -0.3 is 20.3 Å². The molecule has 162 valence electrons. The Morgan fingerprint density at radius 1 is 1.16 bits per heavy atom. The average molecular weight is 449 g/mol. The third-order valence-corrected chi connectivity index (χ3v) is 6.58. The molecule has 3 aromatic rings. The van der Waals surface area contributed by atoms with Gasteiger partial charge >= 0.3 is 0 Å². The Hall–Kier alpha value is -3.35. The molecule has 1 amide bonds. The number of ether oxygens (including phenoxy) is 1. The minimum atomic E-state index is -0.407. The van der Waals surface area contributed by atoms with Crippen LogP contribution in [0.15, 0.2) is 54.7 Å². The molecule has 0 unspecified atom stereocenters. The van der Waals surface area contributed by atoms with Crippen molar-refractivity contribution >= 4 is 34.5 Å². The first-order valence-electron chi connectivity index (χ1n) is 10.3. The minimum absolute atomic E-state index is 0.107. The number of halogens is 1. The smallest absolute Gasteiger partial charge is 0.260 e. The summed E-state index contributed by atoms with van der Waals surface area (Å²) >= 11 is 6.55. The molecule has 0 atom stereocenters. The van der Waals surface area contributed by atoms with Gasteiger partial charge in [0.15, 0.2) is 0 Å². The van der Waals surface area contributed by atoms with Gasteiger partial charge in [-0.1, -0.05) is 35.9 Å². The number of aromatic nitrogens is 1. The van der Waals surface area contributed by atoms with Crippen LogP contribution in [0.3, 0.4) is 0 Å². The quantitative estimate of drug-likeness (QED) is 0.384. The van der Waals surface area contributed by atoms with Gasteiger partial charge in [-0.3, -0.25) is 4.79 Å². The van der Waals surface area contributed by atoms with Crippen molar-refractivity contribution in [1.82, 2.24) is 4.98 Å². The number of rotatable bonds is 5. The molecule has 2 aliphatic rings. The van der Waals surface area contributed by atoms with Crippen molar-refractivity contribution in [2.75, 3.05) is 19.0 Å². The Kier molecular flexibility index (Phi) is 4.92. The monoisotopic (exact) mass is 448 g/mol. The molecular formula is C25H21ClN2O4. The molecule has 5 rings (SSSR count). The maximum absolute atomic E-state index is 12.7. The van der Waals surface area contributed by atoms with Crippen LogP contribution in [0.4, 0.5) is 5.69 Å². The summed E-state index contributed by atoms with van der Waals surface area (Å²) in [4.78, 5) is 16.8. The average Bonchev–Trinajstić information content (AvgIpc) is 3.55. The highest BCUT2D eigenvalue weighted by Gasteiger charge is 2.43. The zero-order valence-electron chi connectivity index (χ0n) is 17.4. The first-order chi connectivity index (χ1) is 15.5. The van der Waals surface area contributed by atoms with E-state index in [2.05, 4.69) is 10.3 Å². The number of amides is 1. The van der Waals surface area contributed by atoms with Crippen molar-refractivity contribution in [3.63, 3.8) is 0 Å². The van der Waals surface area contributed by atoms with E-state index < -0.39 is 5.91 Å². The summed E-state index contributed by atoms with van der Waals surface area (Å²) in [6.07, 6.45) is 3.49. The summed E-state index contributed by atoms with van der Waals surface area (Å²) < 4.78 is 5.12. The Morgan fingerprint density at radius 2 is 1.91 bits per heavy atom. The van der Waals surface area contributed by atoms with Crippen LogP contribution >= 0.6 is 11.6 Å². The number of fused-ring (bicyclic) bond motifs is 1. The van der Waals surface area contributed by atoms with Crippen LogP contribution in [0.25, 0.3) is 22.5 Å². The van der Waals surface area contributed by atoms with Crippen molar-refractivity contribution in [1.29, 1.82) is 0 Å². The lowest BCUT2D eigenvalue weighted by molar-refractivity contribution is -0.110. The van der Waals surface area contributed by atoms with Crippen molar-refractivity contribution in [3.8, 4) is 17.0 Å². The van der Waals surface area contributed by atoms with Crippen LogP contribution < -0.4 is 10.1 Å². The number of carbonyl (C=O) groups is 1. The predicted molar refractivity (Wildman–Crippen MR) is 124 cm³/mol. The first-order valence-corrected chi connectivity index (χ1v) is 10.6. The van der Waals surface area contributed by atoms with Crippen LogP contribution in [0.1, 0.15) is 29.5 Å². The van der Waals surface area contributed by atoms with Crippen molar-refractivity contribution in [2.24, 2.45) is 0 Å². The van der Waals surface area contributed by atoms with Gasteiger partial charge in [-0.25, -0.2) is 4.98 Å². The van der Waals surface area contributed by atoms with E-state index in [0.29, 0.717) is 27.7 Å². The van der Waals surface area contributed by atoms with Gasteiger partial charge in [0.05, 0.1) is 30.0 Å². The zero-order valence-corrected chi connectivity index (χ0v) is 18.1. The Labute approximate surface area is 190 Å². The van der Waals surface area contributed by atoms with Gasteiger partial charge in [0.25, 0.3) is 5.91 Å². The maximum atomic E-state index is 12.7. The number of nitrogens with one attached hydrogen (secondary N) is 1. The number of hydrogen-bond donors (Lipinski definition) is 3. The molecule has 1 saturated carbocycles. The Balaban J connectivity index is 1.58. The fraction of sp³-hybridized carbons (Fsp3) is 0.200. The molecule has 1 aliphatic carbocycles.